The Balaban J connectivity index is 1.47. The van der Waals surface area contributed by atoms with Crippen molar-refractivity contribution in [2.24, 2.45) is 0 Å². The molecule has 0 saturated heterocycles. The van der Waals surface area contributed by atoms with Crippen LogP contribution in [-0.4, -0.2) is 32.9 Å². The Morgan fingerprint density at radius 2 is 1.88 bits per heavy atom. The molecular formula is C25H27N3O3S. The fourth-order valence-electron chi connectivity index (χ4n) is 3.46. The molecule has 0 aliphatic carbocycles. The number of benzene rings is 2. The van der Waals surface area contributed by atoms with Crippen LogP contribution in [0.25, 0.3) is 0 Å². The van der Waals surface area contributed by atoms with Gasteiger partial charge in [-0.3, -0.25) is 9.36 Å². The van der Waals surface area contributed by atoms with Crippen molar-refractivity contribution in [2.75, 3.05) is 12.4 Å². The van der Waals surface area contributed by atoms with Gasteiger partial charge in [0.15, 0.2) is 34.4 Å². The summed E-state index contributed by atoms with van der Waals surface area (Å²) >= 11 is 1.37. The van der Waals surface area contributed by atoms with Crippen LogP contribution in [0.4, 0.5) is 0 Å². The van der Waals surface area contributed by atoms with Crippen LogP contribution in [0, 0.1) is 0 Å². The highest BCUT2D eigenvalue weighted by molar-refractivity contribution is 7.99. The van der Waals surface area contributed by atoms with Crippen LogP contribution < -0.4 is 9.47 Å². The Morgan fingerprint density at radius 3 is 2.56 bits per heavy atom. The number of hydrogen-bond acceptors (Lipinski definition) is 6. The topological polar surface area (TPSA) is 66.2 Å². The first-order valence-electron chi connectivity index (χ1n) is 10.6. The first-order chi connectivity index (χ1) is 15.4. The number of ether oxygens (including phenoxy) is 2. The fraction of sp³-hybridized carbons (Fsp3) is 0.320. The van der Waals surface area contributed by atoms with Crippen LogP contribution in [-0.2, 0) is 12.0 Å². The number of thioether (sulfide) groups is 1. The van der Waals surface area contributed by atoms with E-state index in [2.05, 4.69) is 37.5 Å². The molecule has 3 aromatic rings. The van der Waals surface area contributed by atoms with Crippen molar-refractivity contribution in [3.63, 3.8) is 0 Å². The Bertz CT molecular complexity index is 1120. The number of fused-ring (bicyclic) bond motifs is 1. The SMILES string of the molecule is C=CCn1c(SCC(=O)c2ccc(C(C)(C)C)cc2)nnc1C1COc2ccccc2O1. The van der Waals surface area contributed by atoms with Crippen molar-refractivity contribution in [2.45, 2.75) is 44.0 Å². The number of allylic oxidation sites excluding steroid dienone is 1. The van der Waals surface area contributed by atoms with Gasteiger partial charge in [0.25, 0.3) is 0 Å². The number of para-hydroxylation sites is 2. The Hall–Kier alpha value is -3.06. The Morgan fingerprint density at radius 1 is 1.16 bits per heavy atom. The maximum Gasteiger partial charge on any atom is 0.192 e. The number of carbonyl (C=O) groups is 1. The smallest absolute Gasteiger partial charge is 0.192 e. The van der Waals surface area contributed by atoms with Gasteiger partial charge >= 0.3 is 0 Å². The summed E-state index contributed by atoms with van der Waals surface area (Å²) in [6, 6.07) is 15.4. The number of carbonyl (C=O) groups excluding carboxylic acids is 1. The molecule has 1 unspecified atom stereocenters. The van der Waals surface area contributed by atoms with Gasteiger partial charge in [-0.05, 0) is 23.1 Å². The van der Waals surface area contributed by atoms with Crippen molar-refractivity contribution in [3.05, 3.63) is 78.1 Å². The lowest BCUT2D eigenvalue weighted by atomic mass is 9.86. The van der Waals surface area contributed by atoms with Crippen LogP contribution in [0.1, 0.15) is 48.6 Å². The van der Waals surface area contributed by atoms with Gasteiger partial charge in [0.1, 0.15) is 6.61 Å². The van der Waals surface area contributed by atoms with Gasteiger partial charge in [-0.25, -0.2) is 0 Å². The van der Waals surface area contributed by atoms with E-state index in [9.17, 15) is 4.79 Å². The molecule has 1 aliphatic rings. The molecule has 0 N–H and O–H groups in total. The molecule has 32 heavy (non-hydrogen) atoms. The minimum Gasteiger partial charge on any atom is -0.485 e. The van der Waals surface area contributed by atoms with Crippen LogP contribution in [0.3, 0.4) is 0 Å². The van der Waals surface area contributed by atoms with Gasteiger partial charge in [-0.15, -0.1) is 16.8 Å². The van der Waals surface area contributed by atoms with Gasteiger partial charge < -0.3 is 9.47 Å². The molecule has 1 atom stereocenters. The number of hydrogen-bond donors (Lipinski definition) is 0. The molecule has 4 rings (SSSR count). The summed E-state index contributed by atoms with van der Waals surface area (Å²) in [5.74, 6) is 2.38. The molecule has 2 aromatic carbocycles. The van der Waals surface area contributed by atoms with Gasteiger partial charge in [0.2, 0.25) is 0 Å². The van der Waals surface area contributed by atoms with E-state index in [0.717, 1.165) is 5.75 Å². The zero-order valence-electron chi connectivity index (χ0n) is 18.6. The van der Waals surface area contributed by atoms with Crippen LogP contribution in [0.5, 0.6) is 11.5 Å². The van der Waals surface area contributed by atoms with E-state index in [1.165, 1.54) is 17.3 Å². The minimum absolute atomic E-state index is 0.0522. The van der Waals surface area contributed by atoms with Crippen LogP contribution in [0.2, 0.25) is 0 Å². The second-order valence-corrected chi connectivity index (χ2v) is 9.59. The number of rotatable bonds is 7. The van der Waals surface area contributed by atoms with E-state index in [1.807, 2.05) is 53.1 Å². The third kappa shape index (κ3) is 4.72. The van der Waals surface area contributed by atoms with E-state index in [4.69, 9.17) is 9.47 Å². The number of aromatic nitrogens is 3. The summed E-state index contributed by atoms with van der Waals surface area (Å²) < 4.78 is 13.8. The van der Waals surface area contributed by atoms with Crippen molar-refractivity contribution < 1.29 is 14.3 Å². The lowest BCUT2D eigenvalue weighted by molar-refractivity contribution is 0.0821. The molecule has 0 amide bonds. The molecule has 0 spiro atoms. The first-order valence-corrected chi connectivity index (χ1v) is 11.5. The third-order valence-electron chi connectivity index (χ3n) is 5.26. The van der Waals surface area contributed by atoms with Gasteiger partial charge in [0, 0.05) is 12.1 Å². The zero-order valence-corrected chi connectivity index (χ0v) is 19.4. The summed E-state index contributed by atoms with van der Waals surface area (Å²) in [5.41, 5.74) is 1.95. The number of Topliss-reactive ketones (excluding diaryl/α,β-unsaturated/α-hetero) is 1. The maximum absolute atomic E-state index is 12.8. The summed E-state index contributed by atoms with van der Waals surface area (Å²) in [4.78, 5) is 12.8. The summed E-state index contributed by atoms with van der Waals surface area (Å²) in [5, 5.41) is 9.32. The van der Waals surface area contributed by atoms with E-state index in [1.54, 1.807) is 6.08 Å². The quantitative estimate of drug-likeness (QED) is 0.279. The fourth-order valence-corrected chi connectivity index (χ4v) is 4.31. The summed E-state index contributed by atoms with van der Waals surface area (Å²) in [6.45, 7) is 11.2. The summed E-state index contributed by atoms with van der Waals surface area (Å²) in [7, 11) is 0. The molecule has 0 radical (unpaired) electrons. The average molecular weight is 450 g/mol. The van der Waals surface area contributed by atoms with Crippen molar-refractivity contribution in [1.82, 2.24) is 14.8 Å². The monoisotopic (exact) mass is 449 g/mol. The summed E-state index contributed by atoms with van der Waals surface area (Å²) in [6.07, 6.45) is 1.40. The largest absolute Gasteiger partial charge is 0.485 e. The molecular weight excluding hydrogens is 422 g/mol. The standard InChI is InChI=1S/C25H27N3O3S/c1-5-14-28-23(22-15-30-20-8-6-7-9-21(20)31-22)26-27-24(28)32-16-19(29)17-10-12-18(13-11-17)25(2,3)4/h5-13,22H,1,14-16H2,2-4H3. The van der Waals surface area contributed by atoms with Crippen molar-refractivity contribution in [3.8, 4) is 11.5 Å². The van der Waals surface area contributed by atoms with E-state index >= 15 is 0 Å². The molecule has 7 heteroatoms. The lowest BCUT2D eigenvalue weighted by Crippen LogP contribution is -2.25. The molecule has 1 aliphatic heterocycles. The molecule has 0 fully saturated rings. The number of ketones is 1. The normalized spacial score (nSPS) is 15.4. The second-order valence-electron chi connectivity index (χ2n) is 8.64. The highest BCUT2D eigenvalue weighted by Gasteiger charge is 2.28. The predicted octanol–water partition coefficient (Wildman–Crippen LogP) is 5.25. The number of nitrogens with zero attached hydrogens (tertiary/aromatic N) is 3. The zero-order chi connectivity index (χ0) is 22.7. The first kappa shape index (κ1) is 22.1. The van der Waals surface area contributed by atoms with Crippen molar-refractivity contribution >= 4 is 17.5 Å². The maximum atomic E-state index is 12.8. The average Bonchev–Trinajstić information content (AvgIpc) is 3.19. The second kappa shape index (κ2) is 9.20. The highest BCUT2D eigenvalue weighted by Crippen LogP contribution is 2.36. The van der Waals surface area contributed by atoms with Gasteiger partial charge in [-0.2, -0.15) is 0 Å². The van der Waals surface area contributed by atoms with Crippen LogP contribution in [0.15, 0.2) is 66.3 Å². The molecule has 2 heterocycles. The van der Waals surface area contributed by atoms with Crippen molar-refractivity contribution in [1.29, 1.82) is 0 Å². The van der Waals surface area contributed by atoms with Crippen LogP contribution >= 0.6 is 11.8 Å². The van der Waals surface area contributed by atoms with E-state index < -0.39 is 0 Å². The predicted molar refractivity (Wildman–Crippen MR) is 126 cm³/mol. The molecule has 6 nitrogen and oxygen atoms in total. The Labute approximate surface area is 192 Å². The highest BCUT2D eigenvalue weighted by atomic mass is 32.2. The molecule has 0 saturated carbocycles. The Kier molecular flexibility index (Phi) is 6.37. The van der Waals surface area contributed by atoms with E-state index in [-0.39, 0.29) is 23.1 Å². The molecule has 0 bridgehead atoms. The van der Waals surface area contributed by atoms with E-state index in [0.29, 0.717) is 35.4 Å². The third-order valence-corrected chi connectivity index (χ3v) is 6.23. The molecule has 1 aromatic heterocycles. The molecule has 166 valence electrons. The van der Waals surface area contributed by atoms with Gasteiger partial charge in [0.05, 0.1) is 5.75 Å². The lowest BCUT2D eigenvalue weighted by Gasteiger charge is -2.26. The van der Waals surface area contributed by atoms with Gasteiger partial charge in [-0.1, -0.05) is 75.0 Å². The minimum atomic E-state index is -0.382.